The maximum atomic E-state index is 13.1. The minimum absolute atomic E-state index is 0.0922. The molecule has 2 aromatic carbocycles. The van der Waals surface area contributed by atoms with Gasteiger partial charge in [0, 0.05) is 84.4 Å². The quantitative estimate of drug-likeness (QED) is 0.132. The fourth-order valence-corrected chi connectivity index (χ4v) is 6.61. The van der Waals surface area contributed by atoms with Gasteiger partial charge in [0.1, 0.15) is 5.65 Å². The van der Waals surface area contributed by atoms with Crippen molar-refractivity contribution < 1.29 is 14.6 Å². The average molecular weight is 702 g/mol. The number of fused-ring (bicyclic) bond motifs is 1. The van der Waals surface area contributed by atoms with Crippen LogP contribution in [0.5, 0.6) is 5.88 Å². The number of aromatic nitrogens is 3. The first kappa shape index (κ1) is 34.5. The number of hydrogen-bond donors (Lipinski definition) is 4. The lowest BCUT2D eigenvalue weighted by Gasteiger charge is -2.17. The maximum absolute atomic E-state index is 13.1. The molecule has 6 rings (SSSR count). The van der Waals surface area contributed by atoms with Crippen LogP contribution in [0.4, 0.5) is 0 Å². The molecule has 1 saturated heterocycles. The molecule has 10 nitrogen and oxygen atoms in total. The van der Waals surface area contributed by atoms with E-state index in [1.807, 2.05) is 60.7 Å². The van der Waals surface area contributed by atoms with E-state index in [0.29, 0.717) is 65.4 Å². The molecule has 4 N–H and O–H groups in total. The molecule has 1 aliphatic heterocycles. The first-order valence-electron chi connectivity index (χ1n) is 16.1. The highest BCUT2D eigenvalue weighted by molar-refractivity contribution is 6.39. The molecule has 0 bridgehead atoms. The van der Waals surface area contributed by atoms with Gasteiger partial charge in [0.15, 0.2) is 0 Å². The molecule has 4 heterocycles. The summed E-state index contributed by atoms with van der Waals surface area (Å²) < 4.78 is 7.14. The predicted octanol–water partition coefficient (Wildman–Crippen LogP) is 5.63. The fourth-order valence-electron chi connectivity index (χ4n) is 5.95. The number of amides is 1. The van der Waals surface area contributed by atoms with E-state index in [1.54, 1.807) is 33.4 Å². The van der Waals surface area contributed by atoms with Gasteiger partial charge in [0.2, 0.25) is 11.8 Å². The van der Waals surface area contributed by atoms with Crippen LogP contribution in [-0.2, 0) is 17.9 Å². The number of pyridine rings is 2. The first-order valence-corrected chi connectivity index (χ1v) is 16.8. The normalized spacial score (nSPS) is 14.7. The topological polar surface area (TPSA) is 130 Å². The van der Waals surface area contributed by atoms with Crippen molar-refractivity contribution >= 4 is 34.8 Å². The molecule has 1 aliphatic rings. The molecule has 49 heavy (non-hydrogen) atoms. The zero-order valence-corrected chi connectivity index (χ0v) is 29.0. The number of hydrogen-bond acceptors (Lipinski definition) is 8. The molecular weight excluding hydrogens is 663 g/mol. The van der Waals surface area contributed by atoms with E-state index in [1.165, 1.54) is 4.40 Å². The molecule has 0 aliphatic carbocycles. The van der Waals surface area contributed by atoms with E-state index < -0.39 is 5.60 Å². The van der Waals surface area contributed by atoms with Gasteiger partial charge in [-0.1, -0.05) is 65.7 Å². The molecule has 1 atom stereocenters. The molecule has 0 saturated carbocycles. The van der Waals surface area contributed by atoms with Gasteiger partial charge < -0.3 is 25.8 Å². The third-order valence-electron chi connectivity index (χ3n) is 8.45. The Hall–Kier alpha value is -4.32. The van der Waals surface area contributed by atoms with E-state index in [0.717, 1.165) is 39.8 Å². The summed E-state index contributed by atoms with van der Waals surface area (Å²) in [6.45, 7) is 5.25. The van der Waals surface area contributed by atoms with Crippen LogP contribution in [-0.4, -0.2) is 57.2 Å². The SMILES string of the molecule is COc1nc(-c2cccc(-c3cccc(-c4ccn5c(=O)c(CNCC(C)(C)O)cnc5c4)c3Cl)c2Cl)ccc1CNC[C@H]1CCC(=O)N1. The molecule has 0 spiro atoms. The first-order chi connectivity index (χ1) is 23.5. The van der Waals surface area contributed by atoms with Gasteiger partial charge in [-0.25, -0.2) is 9.97 Å². The number of carbonyl (C=O) groups is 1. The smallest absolute Gasteiger partial charge is 0.262 e. The third kappa shape index (κ3) is 7.79. The van der Waals surface area contributed by atoms with E-state index >= 15 is 0 Å². The van der Waals surface area contributed by atoms with E-state index in [4.69, 9.17) is 32.9 Å². The Kier molecular flexibility index (Phi) is 10.3. The van der Waals surface area contributed by atoms with Crippen LogP contribution in [0.2, 0.25) is 10.0 Å². The minimum Gasteiger partial charge on any atom is -0.481 e. The van der Waals surface area contributed by atoms with Crippen LogP contribution < -0.4 is 26.2 Å². The Morgan fingerprint density at radius 1 is 0.959 bits per heavy atom. The summed E-state index contributed by atoms with van der Waals surface area (Å²) in [5.41, 5.74) is 5.24. The highest BCUT2D eigenvalue weighted by atomic mass is 35.5. The van der Waals surface area contributed by atoms with Crippen molar-refractivity contribution in [2.75, 3.05) is 20.2 Å². The van der Waals surface area contributed by atoms with Crippen LogP contribution >= 0.6 is 23.2 Å². The van der Waals surface area contributed by atoms with Crippen LogP contribution in [0.15, 0.2) is 77.9 Å². The maximum Gasteiger partial charge on any atom is 0.262 e. The second kappa shape index (κ2) is 14.7. The van der Waals surface area contributed by atoms with E-state index in [-0.39, 0.29) is 17.5 Å². The summed E-state index contributed by atoms with van der Waals surface area (Å²) in [7, 11) is 1.59. The van der Waals surface area contributed by atoms with Gasteiger partial charge in [0.05, 0.1) is 28.5 Å². The number of aliphatic hydroxyl groups is 1. The van der Waals surface area contributed by atoms with Crippen LogP contribution in [0.25, 0.3) is 39.2 Å². The molecule has 1 fully saturated rings. The van der Waals surface area contributed by atoms with Crippen molar-refractivity contribution in [1.29, 1.82) is 0 Å². The molecular formula is C37H38Cl2N6O4. The number of benzene rings is 2. The summed E-state index contributed by atoms with van der Waals surface area (Å²) >= 11 is 14.1. The Bertz CT molecular complexity index is 2080. The van der Waals surface area contributed by atoms with Gasteiger partial charge >= 0.3 is 0 Å². The van der Waals surface area contributed by atoms with Crippen molar-refractivity contribution in [3.8, 4) is 39.4 Å². The minimum atomic E-state index is -0.889. The predicted molar refractivity (Wildman–Crippen MR) is 193 cm³/mol. The summed E-state index contributed by atoms with van der Waals surface area (Å²) in [6.07, 6.45) is 4.65. The third-order valence-corrected chi connectivity index (χ3v) is 9.27. The number of methoxy groups -OCH3 is 1. The largest absolute Gasteiger partial charge is 0.481 e. The standard InChI is InChI=1S/C37H38Cl2N6O4/c1-37(2,48)21-41-18-24-19-42-31-16-22(14-15-45(31)36(24)47)26-6-4-7-27(33(26)38)28-8-5-9-29(34(28)39)30-12-10-23(35(44-30)49-3)17-40-20-25-11-13-32(46)43-25/h4-10,12,14-16,19,25,40-41,48H,11,13,17-18,20-21H2,1-3H3,(H,43,46)/t25-/m1/s1. The zero-order valence-electron chi connectivity index (χ0n) is 27.5. The number of rotatable bonds is 12. The Morgan fingerprint density at radius 2 is 1.65 bits per heavy atom. The molecule has 12 heteroatoms. The second-order valence-corrected chi connectivity index (χ2v) is 13.5. The number of nitrogens with one attached hydrogen (secondary N) is 3. The number of carbonyl (C=O) groups excluding carboxylic acids is 1. The number of halogens is 2. The lowest BCUT2D eigenvalue weighted by molar-refractivity contribution is -0.119. The van der Waals surface area contributed by atoms with Gasteiger partial charge in [0.25, 0.3) is 5.56 Å². The van der Waals surface area contributed by atoms with Gasteiger partial charge in [-0.3, -0.25) is 14.0 Å². The Balaban J connectivity index is 1.25. The van der Waals surface area contributed by atoms with Gasteiger partial charge in [-0.05, 0) is 44.0 Å². The van der Waals surface area contributed by atoms with Crippen molar-refractivity contribution in [3.63, 3.8) is 0 Å². The lowest BCUT2D eigenvalue weighted by atomic mass is 9.97. The average Bonchev–Trinajstić information content (AvgIpc) is 3.50. The van der Waals surface area contributed by atoms with Crippen molar-refractivity contribution in [2.45, 2.75) is 51.4 Å². The molecule has 3 aromatic heterocycles. The number of nitrogens with zero attached hydrogens (tertiary/aromatic N) is 3. The van der Waals surface area contributed by atoms with E-state index in [9.17, 15) is 14.7 Å². The molecule has 254 valence electrons. The van der Waals surface area contributed by atoms with Crippen molar-refractivity contribution in [3.05, 3.63) is 105 Å². The Labute approximate surface area is 294 Å². The van der Waals surface area contributed by atoms with Crippen LogP contribution in [0.1, 0.15) is 37.8 Å². The Morgan fingerprint density at radius 3 is 2.35 bits per heavy atom. The lowest BCUT2D eigenvalue weighted by Crippen LogP contribution is -2.35. The second-order valence-electron chi connectivity index (χ2n) is 12.8. The molecule has 0 radical (unpaired) electrons. The summed E-state index contributed by atoms with van der Waals surface area (Å²) in [4.78, 5) is 33.9. The zero-order chi connectivity index (χ0) is 34.7. The van der Waals surface area contributed by atoms with Crippen molar-refractivity contribution in [2.24, 2.45) is 0 Å². The molecule has 5 aromatic rings. The fraction of sp³-hybridized carbons (Fsp3) is 0.297. The number of ether oxygens (including phenoxy) is 1. The summed E-state index contributed by atoms with van der Waals surface area (Å²) in [5.74, 6) is 0.582. The van der Waals surface area contributed by atoms with Gasteiger partial charge in [-0.2, -0.15) is 0 Å². The monoisotopic (exact) mass is 700 g/mol. The van der Waals surface area contributed by atoms with Crippen LogP contribution in [0.3, 0.4) is 0 Å². The summed E-state index contributed by atoms with van der Waals surface area (Å²) in [6, 6.07) is 19.2. The molecule has 1 amide bonds. The van der Waals surface area contributed by atoms with E-state index in [2.05, 4.69) is 20.9 Å². The van der Waals surface area contributed by atoms with Crippen molar-refractivity contribution in [1.82, 2.24) is 30.3 Å². The van der Waals surface area contributed by atoms with Gasteiger partial charge in [-0.15, -0.1) is 0 Å². The summed E-state index contributed by atoms with van der Waals surface area (Å²) in [5, 5.41) is 20.4. The highest BCUT2D eigenvalue weighted by Gasteiger charge is 2.21. The van der Waals surface area contributed by atoms with Crippen LogP contribution in [0, 0.1) is 0 Å². The highest BCUT2D eigenvalue weighted by Crippen LogP contribution is 2.42. The molecule has 0 unspecified atom stereocenters.